The molecule has 55 heavy (non-hydrogen) atoms. The van der Waals surface area contributed by atoms with Crippen molar-refractivity contribution in [3.8, 4) is 39.9 Å². The van der Waals surface area contributed by atoms with Gasteiger partial charge >= 0.3 is 0 Å². The maximum absolute atomic E-state index is 6.91. The van der Waals surface area contributed by atoms with Gasteiger partial charge in [0.2, 0.25) is 0 Å². The average Bonchev–Trinajstić information content (AvgIpc) is 3.93. The Balaban J connectivity index is 1.11. The molecule has 6 heteroatoms. The number of hydrogen-bond donors (Lipinski definition) is 0. The molecule has 8 aromatic carbocycles. The van der Waals surface area contributed by atoms with Gasteiger partial charge in [0.25, 0.3) is 0 Å². The maximum atomic E-state index is 6.91. The highest BCUT2D eigenvalue weighted by molar-refractivity contribution is 7.25. The van der Waals surface area contributed by atoms with Crippen LogP contribution in [0, 0.1) is 0 Å². The average molecular weight is 721 g/mol. The monoisotopic (exact) mass is 720 g/mol. The molecule has 0 fully saturated rings. The molecule has 0 atom stereocenters. The molecule has 0 amide bonds. The smallest absolute Gasteiger partial charge is 0.164 e. The lowest BCUT2D eigenvalue weighted by Gasteiger charge is -2.11. The SMILES string of the molecule is c1ccc(-c2nc(-c3ccc4c(c3)sc3ccccc34)nc(-c3cc4ccccc4c4oc5cc(-n6c7ccccc7c7ccccc76)ccc5c34)n2)cc1. The zero-order valence-electron chi connectivity index (χ0n) is 29.3. The Bertz CT molecular complexity index is 3450. The molecule has 0 bridgehead atoms. The third kappa shape index (κ3) is 4.62. The number of aromatic nitrogens is 4. The third-order valence-corrected chi connectivity index (χ3v) is 12.0. The summed E-state index contributed by atoms with van der Waals surface area (Å²) in [6, 6.07) is 59.6. The minimum Gasteiger partial charge on any atom is -0.455 e. The molecule has 0 spiro atoms. The molecule has 0 unspecified atom stereocenters. The Morgan fingerprint density at radius 3 is 1.85 bits per heavy atom. The minimum atomic E-state index is 0.602. The fourth-order valence-electron chi connectivity index (χ4n) is 8.32. The quantitative estimate of drug-likeness (QED) is 0.182. The highest BCUT2D eigenvalue weighted by atomic mass is 32.1. The van der Waals surface area contributed by atoms with Gasteiger partial charge in [0.05, 0.1) is 11.0 Å². The number of hydrogen-bond acceptors (Lipinski definition) is 5. The van der Waals surface area contributed by atoms with Crippen LogP contribution in [-0.4, -0.2) is 19.5 Å². The molecule has 12 rings (SSSR count). The van der Waals surface area contributed by atoms with E-state index in [1.807, 2.05) is 18.2 Å². The molecule has 256 valence electrons. The van der Waals surface area contributed by atoms with Crippen molar-refractivity contribution in [2.24, 2.45) is 0 Å². The summed E-state index contributed by atoms with van der Waals surface area (Å²) in [6.07, 6.45) is 0. The van der Waals surface area contributed by atoms with Crippen molar-refractivity contribution >= 4 is 86.0 Å². The molecule has 0 aliphatic heterocycles. The second-order valence-electron chi connectivity index (χ2n) is 14.0. The van der Waals surface area contributed by atoms with Gasteiger partial charge in [0.15, 0.2) is 17.5 Å². The fourth-order valence-corrected chi connectivity index (χ4v) is 9.47. The third-order valence-electron chi connectivity index (χ3n) is 10.8. The minimum absolute atomic E-state index is 0.602. The Kier molecular flexibility index (Phi) is 6.44. The van der Waals surface area contributed by atoms with Crippen molar-refractivity contribution in [3.05, 3.63) is 170 Å². The van der Waals surface area contributed by atoms with Crippen LogP contribution in [0.3, 0.4) is 0 Å². The number of furan rings is 1. The van der Waals surface area contributed by atoms with E-state index < -0.39 is 0 Å². The summed E-state index contributed by atoms with van der Waals surface area (Å²) in [5.74, 6) is 1.86. The standard InChI is InChI=1S/C49H28N4OS/c1-2-12-29(13-3-1)47-50-48(31-22-24-37-36-18-8-11-21-43(36)55-44(37)27-31)52-49(51-47)39-26-30-14-4-5-15-33(30)46-45(39)38-25-23-32(28-42(38)54-46)53-40-19-9-6-16-34(40)35-17-7-10-20-41(35)53/h1-28H. The molecular weight excluding hydrogens is 693 g/mol. The van der Waals surface area contributed by atoms with Gasteiger partial charge < -0.3 is 8.98 Å². The zero-order chi connectivity index (χ0) is 36.0. The van der Waals surface area contributed by atoms with E-state index in [2.05, 4.69) is 156 Å². The van der Waals surface area contributed by atoms with Crippen LogP contribution in [0.5, 0.6) is 0 Å². The lowest BCUT2D eigenvalue weighted by molar-refractivity contribution is 0.672. The first-order valence-corrected chi connectivity index (χ1v) is 19.2. The molecule has 4 aromatic heterocycles. The van der Waals surface area contributed by atoms with Gasteiger partial charge in [-0.15, -0.1) is 11.3 Å². The molecule has 0 radical (unpaired) electrons. The van der Waals surface area contributed by atoms with Crippen molar-refractivity contribution in [2.45, 2.75) is 0 Å². The van der Waals surface area contributed by atoms with E-state index in [1.165, 1.54) is 30.9 Å². The van der Waals surface area contributed by atoms with Crippen LogP contribution in [0.2, 0.25) is 0 Å². The molecule has 0 saturated carbocycles. The predicted molar refractivity (Wildman–Crippen MR) is 228 cm³/mol. The van der Waals surface area contributed by atoms with E-state index in [4.69, 9.17) is 19.4 Å². The molecule has 5 nitrogen and oxygen atoms in total. The summed E-state index contributed by atoms with van der Waals surface area (Å²) < 4.78 is 11.7. The van der Waals surface area contributed by atoms with Gasteiger partial charge in [-0.25, -0.2) is 15.0 Å². The van der Waals surface area contributed by atoms with Crippen molar-refractivity contribution in [1.29, 1.82) is 0 Å². The van der Waals surface area contributed by atoms with Gasteiger partial charge in [-0.3, -0.25) is 0 Å². The number of nitrogens with zero attached hydrogens (tertiary/aromatic N) is 4. The largest absolute Gasteiger partial charge is 0.455 e. The van der Waals surface area contributed by atoms with Gasteiger partial charge in [-0.05, 0) is 47.9 Å². The summed E-state index contributed by atoms with van der Waals surface area (Å²) in [5, 5.41) is 9.05. The van der Waals surface area contributed by atoms with E-state index in [-0.39, 0.29) is 0 Å². The van der Waals surface area contributed by atoms with Crippen LogP contribution in [0.4, 0.5) is 0 Å². The van der Waals surface area contributed by atoms with Crippen LogP contribution < -0.4 is 0 Å². The van der Waals surface area contributed by atoms with Crippen molar-refractivity contribution < 1.29 is 4.42 Å². The molecule has 0 N–H and O–H groups in total. The molecule has 4 heterocycles. The first kappa shape index (κ1) is 30.3. The Morgan fingerprint density at radius 1 is 0.436 bits per heavy atom. The van der Waals surface area contributed by atoms with E-state index in [9.17, 15) is 0 Å². The van der Waals surface area contributed by atoms with Crippen LogP contribution in [0.25, 0.3) is 115 Å². The Morgan fingerprint density at radius 2 is 1.05 bits per heavy atom. The molecule has 0 saturated heterocycles. The topological polar surface area (TPSA) is 56.7 Å². The highest BCUT2D eigenvalue weighted by Gasteiger charge is 2.22. The number of fused-ring (bicyclic) bond motifs is 11. The number of benzene rings is 8. The predicted octanol–water partition coefficient (Wildman–Crippen LogP) is 13.4. The lowest BCUT2D eigenvalue weighted by Crippen LogP contribution is -2.00. The van der Waals surface area contributed by atoms with E-state index in [1.54, 1.807) is 11.3 Å². The summed E-state index contributed by atoms with van der Waals surface area (Å²) in [6.45, 7) is 0. The van der Waals surface area contributed by atoms with Crippen molar-refractivity contribution in [1.82, 2.24) is 19.5 Å². The van der Waals surface area contributed by atoms with Gasteiger partial charge in [-0.1, -0.05) is 121 Å². The van der Waals surface area contributed by atoms with Crippen LogP contribution in [0.15, 0.2) is 174 Å². The zero-order valence-corrected chi connectivity index (χ0v) is 30.1. The summed E-state index contributed by atoms with van der Waals surface area (Å²) >= 11 is 1.79. The van der Waals surface area contributed by atoms with Gasteiger partial charge in [0.1, 0.15) is 11.2 Å². The summed E-state index contributed by atoms with van der Waals surface area (Å²) in [4.78, 5) is 15.6. The van der Waals surface area contributed by atoms with E-state index >= 15 is 0 Å². The maximum Gasteiger partial charge on any atom is 0.164 e. The summed E-state index contributed by atoms with van der Waals surface area (Å²) in [5.41, 5.74) is 7.76. The van der Waals surface area contributed by atoms with Crippen LogP contribution >= 0.6 is 11.3 Å². The molecule has 0 aliphatic carbocycles. The molecule has 12 aromatic rings. The van der Waals surface area contributed by atoms with Gasteiger partial charge in [0, 0.05) is 75.5 Å². The number of rotatable bonds is 4. The molecular formula is C49H28N4OS. The Hall–Kier alpha value is -7.15. The van der Waals surface area contributed by atoms with E-state index in [0.717, 1.165) is 66.1 Å². The molecule has 0 aliphatic rings. The first-order chi connectivity index (χ1) is 27.2. The van der Waals surface area contributed by atoms with Crippen molar-refractivity contribution in [3.63, 3.8) is 0 Å². The lowest BCUT2D eigenvalue weighted by atomic mass is 9.99. The normalized spacial score (nSPS) is 12.0. The Labute approximate surface area is 318 Å². The van der Waals surface area contributed by atoms with Crippen molar-refractivity contribution in [2.75, 3.05) is 0 Å². The number of thiophene rings is 1. The summed E-state index contributed by atoms with van der Waals surface area (Å²) in [7, 11) is 0. The van der Waals surface area contributed by atoms with E-state index in [0.29, 0.717) is 17.5 Å². The second-order valence-corrected chi connectivity index (χ2v) is 15.1. The van der Waals surface area contributed by atoms with Gasteiger partial charge in [-0.2, -0.15) is 0 Å². The second kappa shape index (κ2) is 11.7. The fraction of sp³-hybridized carbons (Fsp3) is 0. The number of para-hydroxylation sites is 2. The highest BCUT2D eigenvalue weighted by Crippen LogP contribution is 2.43. The first-order valence-electron chi connectivity index (χ1n) is 18.4. The van der Waals surface area contributed by atoms with Crippen LogP contribution in [0.1, 0.15) is 0 Å². The van der Waals surface area contributed by atoms with Crippen LogP contribution in [-0.2, 0) is 0 Å².